The van der Waals surface area contributed by atoms with Crippen LogP contribution in [0.15, 0.2) is 83.1 Å². The molecule has 0 saturated carbocycles. The number of nitrogens with zero attached hydrogens (tertiary/aromatic N) is 3. The van der Waals surface area contributed by atoms with Crippen LogP contribution in [-0.2, 0) is 38.5 Å². The molecule has 4 heterocycles. The molecule has 7 nitrogen and oxygen atoms in total. The molecular weight excluding hydrogens is 840 g/mol. The van der Waals surface area contributed by atoms with E-state index in [1.807, 2.05) is 19.1 Å². The summed E-state index contributed by atoms with van der Waals surface area (Å²) >= 11 is 23.7. The average Bonchev–Trinajstić information content (AvgIpc) is 3.95. The van der Waals surface area contributed by atoms with Gasteiger partial charge in [-0.2, -0.15) is 26.3 Å². The minimum Gasteiger partial charge on any atom is -0.384 e. The predicted molar refractivity (Wildman–Crippen MR) is 209 cm³/mol. The third-order valence-corrected chi connectivity index (χ3v) is 11.1. The van der Waals surface area contributed by atoms with Crippen molar-refractivity contribution in [3.05, 3.63) is 126 Å². The molecule has 0 aliphatic carbocycles. The lowest BCUT2D eigenvalue weighted by Crippen LogP contribution is -2.42. The van der Waals surface area contributed by atoms with Crippen molar-refractivity contribution >= 4 is 75.1 Å². The molecule has 0 bridgehead atoms. The number of anilines is 2. The maximum Gasteiger partial charge on any atom is 0.435 e. The number of halogens is 10. The number of oxime groups is 2. The number of fused-ring (bicyclic) bond motifs is 2. The Bertz CT molecular complexity index is 2260. The predicted octanol–water partition coefficient (Wildman–Crippen LogP) is 11.8. The van der Waals surface area contributed by atoms with Gasteiger partial charge in [0.2, 0.25) is 5.91 Å². The zero-order valence-corrected chi connectivity index (χ0v) is 33.0. The normalized spacial score (nSPS) is 21.1. The largest absolute Gasteiger partial charge is 0.435 e. The lowest BCUT2D eigenvalue weighted by atomic mass is 9.86. The number of amides is 1. The van der Waals surface area contributed by atoms with Crippen LogP contribution in [0, 0.1) is 0 Å². The van der Waals surface area contributed by atoms with Gasteiger partial charge >= 0.3 is 12.4 Å². The van der Waals surface area contributed by atoms with Crippen LogP contribution in [0.4, 0.5) is 37.7 Å². The third-order valence-electron chi connectivity index (χ3n) is 10.3. The molecule has 57 heavy (non-hydrogen) atoms. The minimum absolute atomic E-state index is 0.0458. The molecule has 2 atom stereocenters. The molecule has 0 saturated heterocycles. The van der Waals surface area contributed by atoms with Gasteiger partial charge in [-0.1, -0.05) is 75.8 Å². The molecule has 8 rings (SSSR count). The van der Waals surface area contributed by atoms with Gasteiger partial charge in [0.15, 0.2) is 0 Å². The fraction of sp³-hybridized carbons (Fsp3) is 0.325. The van der Waals surface area contributed by atoms with E-state index in [1.54, 1.807) is 29.2 Å². The summed E-state index contributed by atoms with van der Waals surface area (Å²) in [4.78, 5) is 24.1. The second-order valence-electron chi connectivity index (χ2n) is 14.0. The Hall–Kier alpha value is -4.17. The van der Waals surface area contributed by atoms with Crippen LogP contribution in [0.25, 0.3) is 0 Å². The minimum atomic E-state index is -4.74. The molecule has 4 aliphatic rings. The zero-order valence-electron chi connectivity index (χ0n) is 29.9. The van der Waals surface area contributed by atoms with Crippen LogP contribution >= 0.6 is 46.4 Å². The van der Waals surface area contributed by atoms with Crippen molar-refractivity contribution < 1.29 is 40.8 Å². The smallest absolute Gasteiger partial charge is 0.384 e. The summed E-state index contributed by atoms with van der Waals surface area (Å²) < 4.78 is 84.4. The Morgan fingerprint density at radius 1 is 0.719 bits per heavy atom. The highest BCUT2D eigenvalue weighted by Gasteiger charge is 2.63. The van der Waals surface area contributed by atoms with Crippen LogP contribution in [-0.4, -0.2) is 42.8 Å². The number of benzene rings is 4. The monoisotopic (exact) mass is 870 g/mol. The van der Waals surface area contributed by atoms with Gasteiger partial charge in [0.25, 0.3) is 11.2 Å². The number of hydrogen-bond donors (Lipinski definition) is 1. The molecule has 17 heteroatoms. The van der Waals surface area contributed by atoms with Gasteiger partial charge in [0.1, 0.15) is 0 Å². The van der Waals surface area contributed by atoms with Crippen molar-refractivity contribution in [2.24, 2.45) is 10.3 Å². The van der Waals surface area contributed by atoms with Gasteiger partial charge in [0.05, 0.1) is 11.4 Å². The number of carbonyl (C=O) groups excluding carboxylic acids is 1. The molecule has 0 fully saturated rings. The first kappa shape index (κ1) is 41.0. The van der Waals surface area contributed by atoms with Crippen LogP contribution < -0.4 is 10.2 Å². The average molecular weight is 873 g/mol. The summed E-state index contributed by atoms with van der Waals surface area (Å²) in [6, 6.07) is 18.2. The van der Waals surface area contributed by atoms with Gasteiger partial charge in [-0.25, -0.2) is 0 Å². The highest BCUT2D eigenvalue weighted by molar-refractivity contribution is 6.35. The van der Waals surface area contributed by atoms with E-state index in [2.05, 4.69) is 15.6 Å². The maximum atomic E-state index is 14.2. The highest BCUT2D eigenvalue weighted by atomic mass is 35.5. The SMILES string of the molecule is CCCC(=O)N1CCc2cc(C3=NOC(c4cc(Cl)cc(Cl)c4)(C(F)(F)F)C3)ccc21.FC(F)(F)C1(c2cc(Cl)cc(Cl)c2)CC(c2ccc3c(c2)CCN3)=NO1. The van der Waals surface area contributed by atoms with Crippen LogP contribution in [0.2, 0.25) is 20.1 Å². The Kier molecular flexibility index (Phi) is 11.2. The molecule has 0 radical (unpaired) electrons. The third kappa shape index (κ3) is 7.88. The van der Waals surface area contributed by atoms with E-state index in [-0.39, 0.29) is 48.5 Å². The first-order valence-electron chi connectivity index (χ1n) is 17.8. The summed E-state index contributed by atoms with van der Waals surface area (Å²) in [7, 11) is 0. The molecular formula is C40H32Cl4F6N4O3. The van der Waals surface area contributed by atoms with E-state index >= 15 is 0 Å². The van der Waals surface area contributed by atoms with Crippen molar-refractivity contribution in [2.45, 2.75) is 69.0 Å². The van der Waals surface area contributed by atoms with Crippen LogP contribution in [0.5, 0.6) is 0 Å². The van der Waals surface area contributed by atoms with Crippen molar-refractivity contribution in [3.63, 3.8) is 0 Å². The summed E-state index contributed by atoms with van der Waals surface area (Å²) in [5, 5.41) is 11.2. The Labute approximate surface area is 343 Å². The first-order chi connectivity index (χ1) is 26.9. The van der Waals surface area contributed by atoms with E-state index in [0.29, 0.717) is 30.5 Å². The first-order valence-corrected chi connectivity index (χ1v) is 19.3. The van der Waals surface area contributed by atoms with E-state index in [1.165, 1.54) is 36.4 Å². The Morgan fingerprint density at radius 2 is 1.21 bits per heavy atom. The number of alkyl halides is 6. The van der Waals surface area contributed by atoms with E-state index in [9.17, 15) is 31.1 Å². The zero-order chi connectivity index (χ0) is 40.9. The molecule has 1 amide bonds. The molecule has 300 valence electrons. The lowest BCUT2D eigenvalue weighted by Gasteiger charge is -2.29. The standard InChI is InChI=1S/C22H19Cl2F3N2O2.C18H13Cl2F3N2O/c1-2-3-20(30)29-7-6-14-8-13(4-5-19(14)29)18-12-21(31-28-18,22(25,26)27)15-9-16(23)11-17(24)10-15;19-13-6-12(7-14(20)8-13)17(18(21,22)23)9-16(25-26-17)10-1-2-15-11(5-10)3-4-24-15/h4-5,8-11H,2-3,6-7,12H2,1H3;1-2,5-8,24H,3-4,9H2. The molecule has 0 aromatic heterocycles. The number of hydrogen-bond acceptors (Lipinski definition) is 6. The number of nitrogens with one attached hydrogen (secondary N) is 1. The summed E-state index contributed by atoms with van der Waals surface area (Å²) in [5.74, 6) is 0.0458. The Balaban J connectivity index is 0.000000177. The summed E-state index contributed by atoms with van der Waals surface area (Å²) in [5.41, 5.74) is -0.314. The van der Waals surface area contributed by atoms with Gasteiger partial charge in [-0.15, -0.1) is 0 Å². The van der Waals surface area contributed by atoms with E-state index < -0.39 is 36.4 Å². The van der Waals surface area contributed by atoms with Crippen molar-refractivity contribution in [1.82, 2.24) is 0 Å². The molecule has 1 N–H and O–H groups in total. The number of carbonyl (C=O) groups is 1. The van der Waals surface area contributed by atoms with E-state index in [4.69, 9.17) is 56.1 Å². The molecule has 4 aliphatic heterocycles. The van der Waals surface area contributed by atoms with Crippen LogP contribution in [0.3, 0.4) is 0 Å². The van der Waals surface area contributed by atoms with Crippen LogP contribution in [0.1, 0.15) is 66.0 Å². The van der Waals surface area contributed by atoms with Crippen molar-refractivity contribution in [2.75, 3.05) is 23.3 Å². The van der Waals surface area contributed by atoms with Gasteiger partial charge < -0.3 is 19.9 Å². The summed E-state index contributed by atoms with van der Waals surface area (Å²) in [6.07, 6.45) is -7.71. The quantitative estimate of drug-likeness (QED) is 0.196. The molecule has 4 aromatic carbocycles. The van der Waals surface area contributed by atoms with Crippen molar-refractivity contribution in [1.29, 1.82) is 0 Å². The van der Waals surface area contributed by atoms with Gasteiger partial charge in [-0.05, 0) is 102 Å². The molecule has 2 unspecified atom stereocenters. The lowest BCUT2D eigenvalue weighted by molar-refractivity contribution is -0.276. The topological polar surface area (TPSA) is 75.5 Å². The van der Waals surface area contributed by atoms with Crippen molar-refractivity contribution in [3.8, 4) is 0 Å². The maximum absolute atomic E-state index is 14.2. The summed E-state index contributed by atoms with van der Waals surface area (Å²) in [6.45, 7) is 3.32. The molecule has 0 spiro atoms. The van der Waals surface area contributed by atoms with Gasteiger partial charge in [-0.3, -0.25) is 4.79 Å². The molecule has 4 aromatic rings. The highest BCUT2D eigenvalue weighted by Crippen LogP contribution is 2.51. The second-order valence-corrected chi connectivity index (χ2v) is 15.8. The van der Waals surface area contributed by atoms with E-state index in [0.717, 1.165) is 41.9 Å². The second kappa shape index (κ2) is 15.5. The number of rotatable bonds is 6. The fourth-order valence-corrected chi connectivity index (χ4v) is 8.42. The Morgan fingerprint density at radius 3 is 1.70 bits per heavy atom. The van der Waals surface area contributed by atoms with Gasteiger partial charge in [0, 0.05) is 74.9 Å². The fourth-order valence-electron chi connectivity index (χ4n) is 7.36.